The first-order valence-corrected chi connectivity index (χ1v) is 7.57. The Labute approximate surface area is 122 Å². The molecule has 20 heavy (non-hydrogen) atoms. The molecule has 1 aliphatic rings. The number of anilines is 2. The van der Waals surface area contributed by atoms with E-state index in [0.29, 0.717) is 0 Å². The van der Waals surface area contributed by atoms with Crippen molar-refractivity contribution in [2.24, 2.45) is 5.92 Å². The van der Waals surface area contributed by atoms with Crippen LogP contribution in [0, 0.1) is 5.92 Å². The minimum Gasteiger partial charge on any atom is -0.373 e. The fourth-order valence-corrected chi connectivity index (χ4v) is 3.08. The van der Waals surface area contributed by atoms with E-state index in [1.54, 1.807) is 6.33 Å². The van der Waals surface area contributed by atoms with Gasteiger partial charge in [-0.1, -0.05) is 13.3 Å². The van der Waals surface area contributed by atoms with E-state index < -0.39 is 0 Å². The molecule has 1 aliphatic heterocycles. The zero-order valence-corrected chi connectivity index (χ0v) is 13.2. The highest BCUT2D eigenvalue weighted by Gasteiger charge is 2.22. The molecule has 2 rings (SSSR count). The molecule has 0 radical (unpaired) electrons. The van der Waals surface area contributed by atoms with Gasteiger partial charge in [0.25, 0.3) is 0 Å². The van der Waals surface area contributed by atoms with Crippen LogP contribution in [0.25, 0.3) is 0 Å². The topological polar surface area (TPSA) is 44.3 Å². The lowest BCUT2D eigenvalue weighted by atomic mass is 10.1. The van der Waals surface area contributed by atoms with Crippen LogP contribution in [0.1, 0.15) is 25.3 Å². The normalized spacial score (nSPS) is 19.3. The number of likely N-dealkylation sites (tertiary alicyclic amines) is 1. The number of hydrogen-bond acceptors (Lipinski definition) is 5. The second kappa shape index (κ2) is 6.88. The van der Waals surface area contributed by atoms with E-state index in [2.05, 4.69) is 46.1 Å². The second-order valence-electron chi connectivity index (χ2n) is 5.82. The lowest BCUT2D eigenvalue weighted by molar-refractivity contribution is 0.395. The summed E-state index contributed by atoms with van der Waals surface area (Å²) in [6.45, 7) is 5.67. The van der Waals surface area contributed by atoms with Crippen molar-refractivity contribution in [3.05, 3.63) is 11.9 Å². The summed E-state index contributed by atoms with van der Waals surface area (Å²) >= 11 is 0. The van der Waals surface area contributed by atoms with E-state index in [4.69, 9.17) is 0 Å². The van der Waals surface area contributed by atoms with Gasteiger partial charge < -0.3 is 15.1 Å². The maximum absolute atomic E-state index is 4.53. The molecule has 1 N–H and O–H groups in total. The van der Waals surface area contributed by atoms with E-state index >= 15 is 0 Å². The first kappa shape index (κ1) is 15.0. The Hall–Kier alpha value is -1.36. The summed E-state index contributed by atoms with van der Waals surface area (Å²) in [6, 6.07) is 0. The molecule has 0 saturated carbocycles. The first-order chi connectivity index (χ1) is 9.65. The molecule has 1 unspecified atom stereocenters. The lowest BCUT2D eigenvalue weighted by Gasteiger charge is -2.25. The van der Waals surface area contributed by atoms with E-state index in [9.17, 15) is 0 Å². The van der Waals surface area contributed by atoms with Gasteiger partial charge in [-0.05, 0) is 32.4 Å². The van der Waals surface area contributed by atoms with Crippen LogP contribution in [0.15, 0.2) is 6.33 Å². The molecule has 0 bridgehead atoms. The van der Waals surface area contributed by atoms with Crippen LogP contribution in [0.2, 0.25) is 0 Å². The Bertz CT molecular complexity index is 434. The number of nitrogens with one attached hydrogen (secondary N) is 1. The Balaban J connectivity index is 2.13. The minimum absolute atomic E-state index is 0.743. The first-order valence-electron chi connectivity index (χ1n) is 7.57. The molecule has 1 fully saturated rings. The highest BCUT2D eigenvalue weighted by atomic mass is 15.2. The number of aromatic nitrogens is 2. The van der Waals surface area contributed by atoms with E-state index in [-0.39, 0.29) is 0 Å². The van der Waals surface area contributed by atoms with Gasteiger partial charge in [-0.2, -0.15) is 0 Å². The van der Waals surface area contributed by atoms with Gasteiger partial charge in [-0.15, -0.1) is 0 Å². The van der Waals surface area contributed by atoms with E-state index in [1.807, 2.05) is 7.05 Å². The molecule has 0 aromatic carbocycles. The summed E-state index contributed by atoms with van der Waals surface area (Å²) in [5, 5.41) is 3.19. The molecule has 1 atom stereocenters. The number of rotatable bonds is 6. The molecule has 2 heterocycles. The van der Waals surface area contributed by atoms with Gasteiger partial charge in [-0.3, -0.25) is 0 Å². The summed E-state index contributed by atoms with van der Waals surface area (Å²) in [4.78, 5) is 13.6. The van der Waals surface area contributed by atoms with Crippen LogP contribution in [0.4, 0.5) is 11.6 Å². The molecule has 1 aromatic rings. The third-order valence-corrected chi connectivity index (χ3v) is 4.04. The van der Waals surface area contributed by atoms with E-state index in [1.165, 1.54) is 25.1 Å². The third-order valence-electron chi connectivity index (χ3n) is 4.04. The Morgan fingerprint density at radius 2 is 2.25 bits per heavy atom. The lowest BCUT2D eigenvalue weighted by Crippen LogP contribution is -2.29. The van der Waals surface area contributed by atoms with Crippen molar-refractivity contribution in [3.8, 4) is 0 Å². The van der Waals surface area contributed by atoms with Gasteiger partial charge in [0.05, 0.1) is 0 Å². The summed E-state index contributed by atoms with van der Waals surface area (Å²) in [7, 11) is 6.28. The monoisotopic (exact) mass is 277 g/mol. The van der Waals surface area contributed by atoms with Crippen molar-refractivity contribution < 1.29 is 0 Å². The van der Waals surface area contributed by atoms with Gasteiger partial charge >= 0.3 is 0 Å². The van der Waals surface area contributed by atoms with Gasteiger partial charge in [0, 0.05) is 32.7 Å². The number of hydrogen-bond donors (Lipinski definition) is 1. The van der Waals surface area contributed by atoms with Gasteiger partial charge in [-0.25, -0.2) is 9.97 Å². The second-order valence-corrected chi connectivity index (χ2v) is 5.82. The summed E-state index contributed by atoms with van der Waals surface area (Å²) in [6.07, 6.45) is 5.07. The summed E-state index contributed by atoms with van der Waals surface area (Å²) in [5.41, 5.74) is 1.24. The molecule has 5 nitrogen and oxygen atoms in total. The molecule has 112 valence electrons. The molecule has 1 aromatic heterocycles. The van der Waals surface area contributed by atoms with Crippen molar-refractivity contribution in [2.45, 2.75) is 26.2 Å². The van der Waals surface area contributed by atoms with Gasteiger partial charge in [0.15, 0.2) is 0 Å². The van der Waals surface area contributed by atoms with Crippen LogP contribution >= 0.6 is 0 Å². The van der Waals surface area contributed by atoms with E-state index in [0.717, 1.165) is 36.9 Å². The molecule has 5 heteroatoms. The Morgan fingerprint density at radius 3 is 2.85 bits per heavy atom. The van der Waals surface area contributed by atoms with Crippen LogP contribution in [-0.2, 0) is 6.42 Å². The van der Waals surface area contributed by atoms with Crippen LogP contribution in [0.3, 0.4) is 0 Å². The maximum atomic E-state index is 4.53. The highest BCUT2D eigenvalue weighted by Crippen LogP contribution is 2.25. The Morgan fingerprint density at radius 1 is 1.45 bits per heavy atom. The zero-order chi connectivity index (χ0) is 14.5. The van der Waals surface area contributed by atoms with Crippen molar-refractivity contribution in [1.29, 1.82) is 0 Å². The summed E-state index contributed by atoms with van der Waals surface area (Å²) in [5.74, 6) is 2.79. The molecule has 0 aliphatic carbocycles. The quantitative estimate of drug-likeness (QED) is 0.860. The average Bonchev–Trinajstić information content (AvgIpc) is 2.84. The zero-order valence-electron chi connectivity index (χ0n) is 13.2. The van der Waals surface area contributed by atoms with Gasteiger partial charge in [0.1, 0.15) is 18.0 Å². The average molecular weight is 277 g/mol. The van der Waals surface area contributed by atoms with Gasteiger partial charge in [0.2, 0.25) is 0 Å². The Kier molecular flexibility index (Phi) is 5.17. The maximum Gasteiger partial charge on any atom is 0.137 e. The summed E-state index contributed by atoms with van der Waals surface area (Å²) < 4.78 is 0. The van der Waals surface area contributed by atoms with Crippen molar-refractivity contribution >= 4 is 11.6 Å². The smallest absolute Gasteiger partial charge is 0.137 e. The molecular weight excluding hydrogens is 250 g/mol. The van der Waals surface area contributed by atoms with Crippen molar-refractivity contribution in [1.82, 2.24) is 14.9 Å². The highest BCUT2D eigenvalue weighted by molar-refractivity contribution is 5.58. The SMILES string of the molecule is CCCc1c(NC)ncnc1N(C)CC1CCN(C)C1. The van der Waals surface area contributed by atoms with Crippen molar-refractivity contribution in [2.75, 3.05) is 51.0 Å². The van der Waals surface area contributed by atoms with Crippen LogP contribution < -0.4 is 10.2 Å². The fraction of sp³-hybridized carbons (Fsp3) is 0.733. The third kappa shape index (κ3) is 3.39. The molecule has 0 spiro atoms. The fourth-order valence-electron chi connectivity index (χ4n) is 3.08. The minimum atomic E-state index is 0.743. The van der Waals surface area contributed by atoms with Crippen LogP contribution in [0.5, 0.6) is 0 Å². The molecule has 0 amide bonds. The number of nitrogens with zero attached hydrogens (tertiary/aromatic N) is 4. The van der Waals surface area contributed by atoms with Crippen LogP contribution in [-0.4, -0.2) is 55.6 Å². The standard InChI is InChI=1S/C15H27N5/c1-5-6-13-14(16-2)17-11-18-15(13)20(4)10-12-7-8-19(3)9-12/h11-12H,5-10H2,1-4H3,(H,16,17,18). The largest absolute Gasteiger partial charge is 0.373 e. The predicted octanol–water partition coefficient (Wildman–Crippen LogP) is 1.86. The molecular formula is C15H27N5. The van der Waals surface area contributed by atoms with Crippen molar-refractivity contribution in [3.63, 3.8) is 0 Å². The molecule has 1 saturated heterocycles. The predicted molar refractivity (Wildman–Crippen MR) is 84.4 cm³/mol.